The summed E-state index contributed by atoms with van der Waals surface area (Å²) in [5.41, 5.74) is 2.63. The summed E-state index contributed by atoms with van der Waals surface area (Å²) in [6.45, 7) is 2.00. The van der Waals surface area contributed by atoms with Gasteiger partial charge in [0.1, 0.15) is 0 Å². The maximum atomic E-state index is 12.3. The van der Waals surface area contributed by atoms with Gasteiger partial charge < -0.3 is 0 Å². The lowest BCUT2D eigenvalue weighted by atomic mass is 10.1. The van der Waals surface area contributed by atoms with Crippen LogP contribution in [0.2, 0.25) is 0 Å². The molecule has 21 heavy (non-hydrogen) atoms. The maximum absolute atomic E-state index is 12.3. The van der Waals surface area contributed by atoms with Gasteiger partial charge in [0.25, 0.3) is 5.69 Å². The molecule has 2 aromatic rings. The molecule has 3 rings (SSSR count). The summed E-state index contributed by atoms with van der Waals surface area (Å²) >= 11 is 1.28. The van der Waals surface area contributed by atoms with Crippen LogP contribution in [0.4, 0.5) is 5.69 Å². The molecule has 0 radical (unpaired) electrons. The van der Waals surface area contributed by atoms with Gasteiger partial charge >= 0.3 is 0 Å². The molecule has 104 valence electrons. The van der Waals surface area contributed by atoms with Crippen molar-refractivity contribution in [3.63, 3.8) is 0 Å². The van der Waals surface area contributed by atoms with Crippen molar-refractivity contribution in [3.05, 3.63) is 74.2 Å². The zero-order valence-electron chi connectivity index (χ0n) is 11.2. The molecule has 0 aromatic heterocycles. The van der Waals surface area contributed by atoms with Crippen LogP contribution in [0, 0.1) is 17.0 Å². The van der Waals surface area contributed by atoms with Crippen molar-refractivity contribution >= 4 is 29.3 Å². The standard InChI is InChI=1S/C16H11NO3S/c1-10-2-4-11(5-3-10)8-15-16(18)13-7-6-12(17(19)20)9-14(13)21-15/h2-9H,1H3. The molecule has 1 heterocycles. The number of nitro groups is 1. The van der Waals surface area contributed by atoms with E-state index in [-0.39, 0.29) is 11.5 Å². The first kappa shape index (κ1) is 13.6. The third-order valence-electron chi connectivity index (χ3n) is 3.24. The number of rotatable bonds is 2. The number of thioether (sulfide) groups is 1. The Morgan fingerprint density at radius 1 is 1.14 bits per heavy atom. The second kappa shape index (κ2) is 5.18. The number of allylic oxidation sites excluding steroid dienone is 1. The summed E-state index contributed by atoms with van der Waals surface area (Å²) < 4.78 is 0. The van der Waals surface area contributed by atoms with E-state index in [2.05, 4.69) is 0 Å². The third kappa shape index (κ3) is 2.60. The number of Topliss-reactive ketones (excluding diaryl/α,β-unsaturated/α-hetero) is 1. The monoisotopic (exact) mass is 297 g/mol. The van der Waals surface area contributed by atoms with Gasteiger partial charge in [-0.2, -0.15) is 0 Å². The fraction of sp³-hybridized carbons (Fsp3) is 0.0625. The number of hydrogen-bond acceptors (Lipinski definition) is 4. The van der Waals surface area contributed by atoms with Crippen molar-refractivity contribution < 1.29 is 9.72 Å². The number of carbonyl (C=O) groups is 1. The van der Waals surface area contributed by atoms with E-state index in [1.54, 1.807) is 0 Å². The van der Waals surface area contributed by atoms with Crippen LogP contribution in [-0.4, -0.2) is 10.7 Å². The molecule has 0 unspecified atom stereocenters. The molecule has 0 saturated carbocycles. The predicted octanol–water partition coefficient (Wildman–Crippen LogP) is 4.23. The lowest BCUT2D eigenvalue weighted by molar-refractivity contribution is -0.385. The van der Waals surface area contributed by atoms with Gasteiger partial charge in [0, 0.05) is 22.6 Å². The number of aryl methyl sites for hydroxylation is 1. The second-order valence-corrected chi connectivity index (χ2v) is 5.87. The van der Waals surface area contributed by atoms with Crippen LogP contribution in [0.3, 0.4) is 0 Å². The summed E-state index contributed by atoms with van der Waals surface area (Å²) in [7, 11) is 0. The van der Waals surface area contributed by atoms with Gasteiger partial charge in [-0.1, -0.05) is 41.6 Å². The van der Waals surface area contributed by atoms with Crippen molar-refractivity contribution in [2.75, 3.05) is 0 Å². The molecule has 2 aromatic carbocycles. The zero-order valence-corrected chi connectivity index (χ0v) is 12.0. The molecule has 0 amide bonds. The van der Waals surface area contributed by atoms with E-state index < -0.39 is 4.92 Å². The first-order chi connectivity index (χ1) is 10.0. The molecule has 4 nitrogen and oxygen atoms in total. The second-order valence-electron chi connectivity index (χ2n) is 4.79. The number of hydrogen-bond donors (Lipinski definition) is 0. The lowest BCUT2D eigenvalue weighted by Gasteiger charge is -1.97. The fourth-order valence-corrected chi connectivity index (χ4v) is 3.19. The summed E-state index contributed by atoms with van der Waals surface area (Å²) in [6.07, 6.45) is 1.82. The smallest absolute Gasteiger partial charge is 0.270 e. The fourth-order valence-electron chi connectivity index (χ4n) is 2.10. The van der Waals surface area contributed by atoms with Crippen LogP contribution < -0.4 is 0 Å². The Morgan fingerprint density at radius 3 is 2.52 bits per heavy atom. The first-order valence-corrected chi connectivity index (χ1v) is 7.15. The van der Waals surface area contributed by atoms with Crippen molar-refractivity contribution in [2.24, 2.45) is 0 Å². The normalized spacial score (nSPS) is 15.3. The maximum Gasteiger partial charge on any atom is 0.270 e. The summed E-state index contributed by atoms with van der Waals surface area (Å²) in [5, 5.41) is 10.8. The summed E-state index contributed by atoms with van der Waals surface area (Å²) in [6, 6.07) is 12.2. The van der Waals surface area contributed by atoms with Gasteiger partial charge in [-0.05, 0) is 24.6 Å². The minimum Gasteiger partial charge on any atom is -0.288 e. The lowest BCUT2D eigenvalue weighted by Crippen LogP contribution is -1.95. The Labute approximate surface area is 125 Å². The molecule has 1 aliphatic rings. The number of ketones is 1. The van der Waals surface area contributed by atoms with Gasteiger partial charge in [0.15, 0.2) is 0 Å². The summed E-state index contributed by atoms with van der Waals surface area (Å²) in [5.74, 6) is -0.0783. The van der Waals surface area contributed by atoms with Crippen LogP contribution in [-0.2, 0) is 0 Å². The van der Waals surface area contributed by atoms with E-state index in [1.807, 2.05) is 37.3 Å². The SMILES string of the molecule is Cc1ccc(C=C2Sc3cc([N+](=O)[O-])ccc3C2=O)cc1. The highest BCUT2D eigenvalue weighted by molar-refractivity contribution is 8.04. The molecule has 1 aliphatic heterocycles. The van der Waals surface area contributed by atoms with Gasteiger partial charge in [-0.3, -0.25) is 14.9 Å². The van der Waals surface area contributed by atoms with E-state index in [4.69, 9.17) is 0 Å². The van der Waals surface area contributed by atoms with E-state index in [9.17, 15) is 14.9 Å². The third-order valence-corrected chi connectivity index (χ3v) is 4.32. The number of carbonyl (C=O) groups excluding carboxylic acids is 1. The van der Waals surface area contributed by atoms with E-state index in [0.717, 1.165) is 11.1 Å². The Kier molecular flexibility index (Phi) is 3.35. The number of benzene rings is 2. The molecule has 0 aliphatic carbocycles. The number of fused-ring (bicyclic) bond motifs is 1. The Bertz CT molecular complexity index is 779. The number of nitrogens with zero attached hydrogens (tertiary/aromatic N) is 1. The molecule has 0 N–H and O–H groups in total. The molecule has 0 spiro atoms. The highest BCUT2D eigenvalue weighted by Crippen LogP contribution is 2.42. The number of non-ortho nitro benzene ring substituents is 1. The Hall–Kier alpha value is -2.40. The molecular formula is C16H11NO3S. The van der Waals surface area contributed by atoms with Gasteiger partial charge in [0.2, 0.25) is 5.78 Å². The Balaban J connectivity index is 1.96. The molecule has 0 bridgehead atoms. The van der Waals surface area contributed by atoms with Crippen molar-refractivity contribution in [1.29, 1.82) is 0 Å². The quantitative estimate of drug-likeness (QED) is 0.473. The van der Waals surface area contributed by atoms with Gasteiger partial charge in [-0.25, -0.2) is 0 Å². The highest BCUT2D eigenvalue weighted by Gasteiger charge is 2.27. The topological polar surface area (TPSA) is 60.2 Å². The molecular weight excluding hydrogens is 286 g/mol. The first-order valence-electron chi connectivity index (χ1n) is 6.34. The molecule has 0 fully saturated rings. The van der Waals surface area contributed by atoms with E-state index in [0.29, 0.717) is 15.4 Å². The molecule has 0 atom stereocenters. The van der Waals surface area contributed by atoms with Crippen molar-refractivity contribution in [2.45, 2.75) is 11.8 Å². The van der Waals surface area contributed by atoms with Gasteiger partial charge in [-0.15, -0.1) is 0 Å². The largest absolute Gasteiger partial charge is 0.288 e. The predicted molar refractivity (Wildman–Crippen MR) is 82.4 cm³/mol. The van der Waals surface area contributed by atoms with Crippen molar-refractivity contribution in [1.82, 2.24) is 0 Å². The summed E-state index contributed by atoms with van der Waals surface area (Å²) in [4.78, 5) is 23.9. The Morgan fingerprint density at radius 2 is 1.86 bits per heavy atom. The van der Waals surface area contributed by atoms with Crippen LogP contribution >= 0.6 is 11.8 Å². The van der Waals surface area contributed by atoms with Crippen molar-refractivity contribution in [3.8, 4) is 0 Å². The van der Waals surface area contributed by atoms with Crippen LogP contribution in [0.25, 0.3) is 6.08 Å². The minimum absolute atomic E-state index is 0.00522. The van der Waals surface area contributed by atoms with Crippen LogP contribution in [0.5, 0.6) is 0 Å². The average Bonchev–Trinajstić information content (AvgIpc) is 2.77. The number of nitro benzene ring substituents is 1. The van der Waals surface area contributed by atoms with E-state index in [1.165, 1.54) is 30.0 Å². The van der Waals surface area contributed by atoms with Crippen LogP contribution in [0.1, 0.15) is 21.5 Å². The van der Waals surface area contributed by atoms with Gasteiger partial charge in [0.05, 0.1) is 9.83 Å². The zero-order chi connectivity index (χ0) is 15.0. The molecule has 0 saturated heterocycles. The minimum atomic E-state index is -0.451. The van der Waals surface area contributed by atoms with Crippen LogP contribution in [0.15, 0.2) is 52.3 Å². The van der Waals surface area contributed by atoms with E-state index >= 15 is 0 Å². The molecule has 5 heteroatoms. The highest BCUT2D eigenvalue weighted by atomic mass is 32.2. The average molecular weight is 297 g/mol.